The summed E-state index contributed by atoms with van der Waals surface area (Å²) in [5, 5.41) is 5.04. The van der Waals surface area contributed by atoms with Gasteiger partial charge < -0.3 is 10.6 Å². The van der Waals surface area contributed by atoms with E-state index in [0.29, 0.717) is 15.7 Å². The van der Waals surface area contributed by atoms with Crippen molar-refractivity contribution in [2.75, 3.05) is 17.3 Å². The molecule has 2 amide bonds. The van der Waals surface area contributed by atoms with Gasteiger partial charge in [0.1, 0.15) is 15.9 Å². The molecule has 1 aromatic carbocycles. The van der Waals surface area contributed by atoms with Gasteiger partial charge in [0, 0.05) is 29.9 Å². The maximum absolute atomic E-state index is 12.7. The minimum absolute atomic E-state index is 0.205. The van der Waals surface area contributed by atoms with Crippen molar-refractivity contribution in [3.63, 3.8) is 0 Å². The number of halogens is 1. The zero-order valence-electron chi connectivity index (χ0n) is 16.2. The third-order valence-electron chi connectivity index (χ3n) is 4.12. The van der Waals surface area contributed by atoms with Crippen LogP contribution < -0.4 is 16.2 Å². The molecule has 0 unspecified atom stereocenters. The second kappa shape index (κ2) is 9.46. The van der Waals surface area contributed by atoms with Crippen LogP contribution in [0.2, 0.25) is 4.34 Å². The Morgan fingerprint density at radius 2 is 1.81 bits per heavy atom. The number of thiophene rings is 1. The monoisotopic (exact) mass is 479 g/mol. The fourth-order valence-electron chi connectivity index (χ4n) is 2.73. The number of sulfone groups is 1. The van der Waals surface area contributed by atoms with E-state index in [-0.39, 0.29) is 10.4 Å². The summed E-state index contributed by atoms with van der Waals surface area (Å²) in [5.41, 5.74) is 0.771. The first-order chi connectivity index (χ1) is 14.6. The molecule has 11 heteroatoms. The summed E-state index contributed by atoms with van der Waals surface area (Å²) in [6, 6.07) is 12.9. The SMILES string of the molecule is CS(=O)(=O)C[C@H](NC(=O)c1ccc(Cl)s1)C(=O)Nc1ccc(-n2ccccc2=O)cc1. The molecule has 2 N–H and O–H groups in total. The Labute approximate surface area is 187 Å². The van der Waals surface area contributed by atoms with E-state index in [4.69, 9.17) is 11.6 Å². The number of nitrogens with one attached hydrogen (secondary N) is 2. The molecule has 0 aliphatic rings. The number of hydrogen-bond acceptors (Lipinski definition) is 6. The molecule has 0 radical (unpaired) electrons. The average molecular weight is 480 g/mol. The van der Waals surface area contributed by atoms with Crippen LogP contribution in [-0.2, 0) is 14.6 Å². The van der Waals surface area contributed by atoms with Crippen molar-refractivity contribution in [1.29, 1.82) is 0 Å². The molecule has 2 aromatic heterocycles. The van der Waals surface area contributed by atoms with Gasteiger partial charge in [0.15, 0.2) is 0 Å². The second-order valence-electron chi connectivity index (χ2n) is 6.67. The maximum Gasteiger partial charge on any atom is 0.262 e. The van der Waals surface area contributed by atoms with E-state index in [1.165, 1.54) is 22.8 Å². The Hall–Kier alpha value is -2.95. The Morgan fingerprint density at radius 1 is 1.10 bits per heavy atom. The summed E-state index contributed by atoms with van der Waals surface area (Å²) < 4.78 is 25.4. The predicted molar refractivity (Wildman–Crippen MR) is 121 cm³/mol. The van der Waals surface area contributed by atoms with Gasteiger partial charge in [-0.3, -0.25) is 19.0 Å². The van der Waals surface area contributed by atoms with Gasteiger partial charge in [0.2, 0.25) is 5.91 Å². The van der Waals surface area contributed by atoms with Gasteiger partial charge in [-0.15, -0.1) is 11.3 Å². The lowest BCUT2D eigenvalue weighted by molar-refractivity contribution is -0.117. The van der Waals surface area contributed by atoms with Gasteiger partial charge in [-0.05, 0) is 42.5 Å². The second-order valence-corrected chi connectivity index (χ2v) is 10.6. The molecule has 162 valence electrons. The third-order valence-corrected chi connectivity index (χ3v) is 6.29. The van der Waals surface area contributed by atoms with E-state index >= 15 is 0 Å². The first kappa shape index (κ1) is 22.7. The predicted octanol–water partition coefficient (Wildman–Crippen LogP) is 2.33. The first-order valence-corrected chi connectivity index (χ1v) is 12.2. The van der Waals surface area contributed by atoms with Crippen LogP contribution in [0.4, 0.5) is 5.69 Å². The summed E-state index contributed by atoms with van der Waals surface area (Å²) in [4.78, 5) is 37.3. The van der Waals surface area contributed by atoms with Crippen molar-refractivity contribution >= 4 is 50.3 Å². The maximum atomic E-state index is 12.7. The van der Waals surface area contributed by atoms with E-state index < -0.39 is 33.4 Å². The Morgan fingerprint density at radius 3 is 2.39 bits per heavy atom. The molecule has 3 rings (SSSR count). The van der Waals surface area contributed by atoms with Gasteiger partial charge in [-0.2, -0.15) is 0 Å². The van der Waals surface area contributed by atoms with E-state index in [0.717, 1.165) is 17.6 Å². The van der Waals surface area contributed by atoms with E-state index in [1.807, 2.05) is 0 Å². The Bertz CT molecular complexity index is 1270. The lowest BCUT2D eigenvalue weighted by atomic mass is 10.2. The third kappa shape index (κ3) is 6.27. The van der Waals surface area contributed by atoms with Crippen LogP contribution in [-0.4, -0.2) is 42.8 Å². The topological polar surface area (TPSA) is 114 Å². The molecular weight excluding hydrogens is 462 g/mol. The van der Waals surface area contributed by atoms with Crippen molar-refractivity contribution in [3.05, 3.63) is 80.4 Å². The summed E-state index contributed by atoms with van der Waals surface area (Å²) in [6.45, 7) is 0. The fourth-order valence-corrected chi connectivity index (χ4v) is 4.51. The largest absolute Gasteiger partial charge is 0.339 e. The molecule has 0 bridgehead atoms. The number of aromatic nitrogens is 1. The number of carbonyl (C=O) groups excluding carboxylic acids is 2. The first-order valence-electron chi connectivity index (χ1n) is 8.95. The molecule has 0 aliphatic carbocycles. The number of anilines is 1. The highest BCUT2D eigenvalue weighted by Gasteiger charge is 2.26. The molecule has 31 heavy (non-hydrogen) atoms. The zero-order chi connectivity index (χ0) is 22.6. The summed E-state index contributed by atoms with van der Waals surface area (Å²) in [5.74, 6) is -1.85. The van der Waals surface area contributed by atoms with Crippen molar-refractivity contribution in [2.24, 2.45) is 0 Å². The number of carbonyl (C=O) groups is 2. The molecule has 0 saturated carbocycles. The van der Waals surface area contributed by atoms with E-state index in [2.05, 4.69) is 10.6 Å². The number of nitrogens with zero attached hydrogens (tertiary/aromatic N) is 1. The highest BCUT2D eigenvalue weighted by atomic mass is 35.5. The van der Waals surface area contributed by atoms with Gasteiger partial charge in [-0.1, -0.05) is 17.7 Å². The van der Waals surface area contributed by atoms with Crippen molar-refractivity contribution in [3.8, 4) is 5.69 Å². The van der Waals surface area contributed by atoms with Crippen molar-refractivity contribution in [1.82, 2.24) is 9.88 Å². The highest BCUT2D eigenvalue weighted by molar-refractivity contribution is 7.90. The lowest BCUT2D eigenvalue weighted by Crippen LogP contribution is -2.47. The molecule has 0 saturated heterocycles. The summed E-state index contributed by atoms with van der Waals surface area (Å²) in [6.07, 6.45) is 2.60. The average Bonchev–Trinajstić information content (AvgIpc) is 3.14. The quantitative estimate of drug-likeness (QED) is 0.539. The van der Waals surface area contributed by atoms with Crippen LogP contribution in [0.15, 0.2) is 65.6 Å². The molecule has 0 aliphatic heterocycles. The van der Waals surface area contributed by atoms with E-state index in [9.17, 15) is 22.8 Å². The molecule has 2 heterocycles. The van der Waals surface area contributed by atoms with Crippen molar-refractivity contribution in [2.45, 2.75) is 6.04 Å². The van der Waals surface area contributed by atoms with Gasteiger partial charge in [0.25, 0.3) is 11.5 Å². The normalized spacial score (nSPS) is 12.2. The van der Waals surface area contributed by atoms with Crippen LogP contribution in [0.5, 0.6) is 0 Å². The smallest absolute Gasteiger partial charge is 0.262 e. The summed E-state index contributed by atoms with van der Waals surface area (Å²) >= 11 is 6.84. The van der Waals surface area contributed by atoms with E-state index in [1.54, 1.807) is 42.6 Å². The molecule has 3 aromatic rings. The number of amides is 2. The van der Waals surface area contributed by atoms with Gasteiger partial charge in [-0.25, -0.2) is 8.42 Å². The van der Waals surface area contributed by atoms with Crippen molar-refractivity contribution < 1.29 is 18.0 Å². The Balaban J connectivity index is 1.75. The fraction of sp³-hybridized carbons (Fsp3) is 0.150. The minimum Gasteiger partial charge on any atom is -0.339 e. The standard InChI is InChI=1S/C20H18ClN3O5S2/c1-31(28,29)12-15(23-20(27)16-9-10-17(21)30-16)19(26)22-13-5-7-14(8-6-13)24-11-3-2-4-18(24)25/h2-11,15H,12H2,1H3,(H,22,26)(H,23,27)/t15-/m0/s1. The lowest BCUT2D eigenvalue weighted by Gasteiger charge is -2.17. The number of rotatable bonds is 7. The van der Waals surface area contributed by atoms with Crippen LogP contribution in [0.25, 0.3) is 5.69 Å². The van der Waals surface area contributed by atoms with Crippen LogP contribution in [0, 0.1) is 0 Å². The van der Waals surface area contributed by atoms with Crippen LogP contribution >= 0.6 is 22.9 Å². The molecule has 0 spiro atoms. The summed E-state index contributed by atoms with van der Waals surface area (Å²) in [7, 11) is -3.57. The zero-order valence-corrected chi connectivity index (χ0v) is 18.6. The van der Waals surface area contributed by atoms with Gasteiger partial charge in [0.05, 0.1) is 15.0 Å². The molecule has 8 nitrogen and oxygen atoms in total. The minimum atomic E-state index is -3.57. The number of pyridine rings is 1. The van der Waals surface area contributed by atoms with Crippen LogP contribution in [0.1, 0.15) is 9.67 Å². The van der Waals surface area contributed by atoms with Gasteiger partial charge >= 0.3 is 0 Å². The number of hydrogen-bond donors (Lipinski definition) is 2. The molecular formula is C20H18ClN3O5S2. The molecule has 0 fully saturated rings. The van der Waals surface area contributed by atoms with Crippen LogP contribution in [0.3, 0.4) is 0 Å². The highest BCUT2D eigenvalue weighted by Crippen LogP contribution is 2.21. The molecule has 1 atom stereocenters. The Kier molecular flexibility index (Phi) is 6.94. The number of benzene rings is 1.